The average molecular weight is 356 g/mol. The molecule has 1 atom stereocenters. The Hall–Kier alpha value is -3.29. The number of nitro groups is 1. The molecule has 1 heterocycles. The van der Waals surface area contributed by atoms with E-state index in [2.05, 4.69) is 5.32 Å². The minimum atomic E-state index is -0.786. The van der Waals surface area contributed by atoms with E-state index in [9.17, 15) is 20.0 Å². The first-order valence-corrected chi connectivity index (χ1v) is 8.17. The largest absolute Gasteiger partial charge is 0.865 e. The van der Waals surface area contributed by atoms with Gasteiger partial charge in [-0.1, -0.05) is 19.1 Å². The topological polar surface area (TPSA) is 108 Å². The third kappa shape index (κ3) is 2.90. The molecule has 1 aliphatic rings. The Morgan fingerprint density at radius 3 is 2.69 bits per heavy atom. The predicted molar refractivity (Wildman–Crippen MR) is 93.2 cm³/mol. The Kier molecular flexibility index (Phi) is 4.66. The Morgan fingerprint density at radius 1 is 1.31 bits per heavy atom. The zero-order chi connectivity index (χ0) is 18.8. The lowest BCUT2D eigenvalue weighted by molar-refractivity contribution is -0.398. The molecule has 0 aromatic heterocycles. The van der Waals surface area contributed by atoms with Crippen LogP contribution in [0.15, 0.2) is 36.4 Å². The Bertz CT molecular complexity index is 868. The van der Waals surface area contributed by atoms with Gasteiger partial charge in [-0.2, -0.15) is 0 Å². The summed E-state index contributed by atoms with van der Waals surface area (Å²) in [6, 6.07) is 9.73. The summed E-state index contributed by atoms with van der Waals surface area (Å²) in [5.74, 6) is -1.08. The predicted octanol–water partition coefficient (Wildman–Crippen LogP) is 2.65. The molecular weight excluding hydrogens is 338 g/mol. The average Bonchev–Trinajstić information content (AvgIpc) is 2.64. The van der Waals surface area contributed by atoms with E-state index >= 15 is 0 Å². The van der Waals surface area contributed by atoms with E-state index in [1.165, 1.54) is 19.2 Å². The Labute approximate surface area is 150 Å². The van der Waals surface area contributed by atoms with Crippen LogP contribution >= 0.6 is 0 Å². The van der Waals surface area contributed by atoms with Crippen LogP contribution in [0.5, 0.6) is 11.5 Å². The number of para-hydroxylation sites is 1. The molecule has 2 aromatic rings. The molecule has 136 valence electrons. The number of nitro benzene ring substituents is 1. The van der Waals surface area contributed by atoms with Gasteiger partial charge in [-0.3, -0.25) is 14.9 Å². The van der Waals surface area contributed by atoms with E-state index in [0.717, 1.165) is 0 Å². The van der Waals surface area contributed by atoms with Crippen LogP contribution < -0.4 is 15.2 Å². The van der Waals surface area contributed by atoms with Gasteiger partial charge < -0.3 is 20.1 Å². The molecule has 1 aliphatic heterocycles. The number of amides is 1. The molecule has 1 N–H and O–H groups in total. The van der Waals surface area contributed by atoms with E-state index in [-0.39, 0.29) is 11.7 Å². The summed E-state index contributed by atoms with van der Waals surface area (Å²) in [5, 5.41) is 26.6. The summed E-state index contributed by atoms with van der Waals surface area (Å²) < 4.78 is 5.01. The van der Waals surface area contributed by atoms with Crippen LogP contribution in [0.2, 0.25) is 0 Å². The maximum absolute atomic E-state index is 12.9. The van der Waals surface area contributed by atoms with Gasteiger partial charge in [-0.05, 0) is 24.6 Å². The van der Waals surface area contributed by atoms with Crippen molar-refractivity contribution in [3.63, 3.8) is 0 Å². The van der Waals surface area contributed by atoms with Gasteiger partial charge in [0, 0.05) is 29.6 Å². The molecule has 0 saturated carbocycles. The monoisotopic (exact) mass is 356 g/mol. The highest BCUT2D eigenvalue weighted by Crippen LogP contribution is 2.40. The number of methoxy groups -OCH3 is 1. The molecule has 0 aliphatic carbocycles. The smallest absolute Gasteiger partial charge is 0.265 e. The van der Waals surface area contributed by atoms with E-state index in [4.69, 9.17) is 4.74 Å². The van der Waals surface area contributed by atoms with E-state index < -0.39 is 22.5 Å². The molecule has 0 radical (unpaired) electrons. The number of ether oxygens (including phenoxy) is 1. The molecule has 3 rings (SSSR count). The normalized spacial score (nSPS) is 16.0. The SMILES string of the molecule is CCCN1C(=O)c2ccccc2N[C@@H]1c1cc(OC)c([O-])c([N+](=O)[O-])c1. The number of anilines is 1. The second-order valence-corrected chi connectivity index (χ2v) is 5.92. The van der Waals surface area contributed by atoms with Gasteiger partial charge in [-0.25, -0.2) is 0 Å². The van der Waals surface area contributed by atoms with Crippen molar-refractivity contribution in [1.82, 2.24) is 4.90 Å². The fourth-order valence-electron chi connectivity index (χ4n) is 3.08. The molecule has 8 nitrogen and oxygen atoms in total. The minimum absolute atomic E-state index is 0.126. The lowest BCUT2D eigenvalue weighted by atomic mass is 10.0. The highest BCUT2D eigenvalue weighted by atomic mass is 16.6. The number of nitrogens with one attached hydrogen (secondary N) is 1. The van der Waals surface area contributed by atoms with Crippen LogP contribution in [-0.4, -0.2) is 29.4 Å². The van der Waals surface area contributed by atoms with Crippen LogP contribution in [-0.2, 0) is 0 Å². The van der Waals surface area contributed by atoms with Crippen molar-refractivity contribution in [1.29, 1.82) is 0 Å². The molecule has 0 unspecified atom stereocenters. The summed E-state index contributed by atoms with van der Waals surface area (Å²) in [7, 11) is 1.28. The maximum atomic E-state index is 12.9. The lowest BCUT2D eigenvalue weighted by Gasteiger charge is -2.38. The second kappa shape index (κ2) is 6.91. The van der Waals surface area contributed by atoms with E-state index in [1.54, 1.807) is 29.2 Å². The molecule has 26 heavy (non-hydrogen) atoms. The van der Waals surface area contributed by atoms with Gasteiger partial charge >= 0.3 is 0 Å². The van der Waals surface area contributed by atoms with Crippen molar-refractivity contribution >= 4 is 17.3 Å². The third-order valence-corrected chi connectivity index (χ3v) is 4.28. The van der Waals surface area contributed by atoms with Crippen molar-refractivity contribution in [2.45, 2.75) is 19.5 Å². The molecule has 8 heteroatoms. The van der Waals surface area contributed by atoms with Crippen LogP contribution in [0.1, 0.15) is 35.4 Å². The number of fused-ring (bicyclic) bond motifs is 1. The Morgan fingerprint density at radius 2 is 2.04 bits per heavy atom. The van der Waals surface area contributed by atoms with Crippen molar-refractivity contribution in [3.8, 4) is 11.5 Å². The van der Waals surface area contributed by atoms with Gasteiger partial charge in [0.2, 0.25) is 0 Å². The second-order valence-electron chi connectivity index (χ2n) is 5.92. The molecule has 0 saturated heterocycles. The van der Waals surface area contributed by atoms with Crippen LogP contribution in [0.3, 0.4) is 0 Å². The van der Waals surface area contributed by atoms with E-state index in [0.29, 0.717) is 29.8 Å². The quantitative estimate of drug-likeness (QED) is 0.652. The zero-order valence-electron chi connectivity index (χ0n) is 14.4. The Balaban J connectivity index is 2.13. The van der Waals surface area contributed by atoms with Crippen LogP contribution in [0.4, 0.5) is 11.4 Å². The first-order chi connectivity index (χ1) is 12.5. The minimum Gasteiger partial charge on any atom is -0.865 e. The van der Waals surface area contributed by atoms with Crippen molar-refractivity contribution in [2.75, 3.05) is 19.0 Å². The summed E-state index contributed by atoms with van der Waals surface area (Å²) in [5.41, 5.74) is 1.02. The zero-order valence-corrected chi connectivity index (χ0v) is 14.4. The van der Waals surface area contributed by atoms with Gasteiger partial charge in [0.05, 0.1) is 17.6 Å². The number of carbonyl (C=O) groups is 1. The van der Waals surface area contributed by atoms with Crippen LogP contribution in [0.25, 0.3) is 0 Å². The van der Waals surface area contributed by atoms with Gasteiger partial charge in [0.25, 0.3) is 11.6 Å². The maximum Gasteiger partial charge on any atom is 0.265 e. The molecule has 0 fully saturated rings. The molecule has 1 amide bonds. The molecule has 0 spiro atoms. The standard InChI is InChI=1S/C18H19N3O5/c1-3-8-20-17(19-13-7-5-4-6-12(13)18(20)23)11-9-14(21(24)25)16(22)15(10-11)26-2/h4-7,9-10,17,19,22H,3,8H2,1-2H3/p-1/t17-/m0/s1. The van der Waals surface area contributed by atoms with Crippen LogP contribution in [0, 0.1) is 10.1 Å². The summed E-state index contributed by atoms with van der Waals surface area (Å²) in [6.07, 6.45) is 0.0795. The summed E-state index contributed by atoms with van der Waals surface area (Å²) in [6.45, 7) is 2.40. The number of nitrogens with zero attached hydrogens (tertiary/aromatic N) is 2. The van der Waals surface area contributed by atoms with Crippen molar-refractivity contribution in [3.05, 3.63) is 57.6 Å². The number of hydrogen-bond acceptors (Lipinski definition) is 6. The summed E-state index contributed by atoms with van der Waals surface area (Å²) >= 11 is 0. The number of benzene rings is 2. The molecular formula is C18H18N3O5-. The van der Waals surface area contributed by atoms with Gasteiger partial charge in [-0.15, -0.1) is 0 Å². The summed E-state index contributed by atoms with van der Waals surface area (Å²) in [4.78, 5) is 25.0. The fourth-order valence-corrected chi connectivity index (χ4v) is 3.08. The fraction of sp³-hybridized carbons (Fsp3) is 0.278. The van der Waals surface area contributed by atoms with Gasteiger partial charge in [0.1, 0.15) is 11.9 Å². The lowest BCUT2D eigenvalue weighted by Crippen LogP contribution is -2.43. The number of carbonyl (C=O) groups excluding carboxylic acids is 1. The van der Waals surface area contributed by atoms with Crippen molar-refractivity contribution < 1.29 is 19.6 Å². The van der Waals surface area contributed by atoms with E-state index in [1.807, 2.05) is 6.92 Å². The molecule has 2 aromatic carbocycles. The number of hydrogen-bond donors (Lipinski definition) is 1. The highest BCUT2D eigenvalue weighted by Gasteiger charge is 2.33. The third-order valence-electron chi connectivity index (χ3n) is 4.28. The number of rotatable bonds is 5. The first kappa shape index (κ1) is 17.5. The highest BCUT2D eigenvalue weighted by molar-refractivity contribution is 6.01. The van der Waals surface area contributed by atoms with Gasteiger partial charge in [0.15, 0.2) is 0 Å². The molecule has 0 bridgehead atoms. The van der Waals surface area contributed by atoms with Crippen molar-refractivity contribution in [2.24, 2.45) is 0 Å². The first-order valence-electron chi connectivity index (χ1n) is 8.17.